The lowest BCUT2D eigenvalue weighted by Crippen LogP contribution is -2.51. The van der Waals surface area contributed by atoms with E-state index in [1.807, 2.05) is 0 Å². The molecular formula is C30H31F5N10O4S. The number of anilines is 2. The first-order chi connectivity index (χ1) is 23.5. The van der Waals surface area contributed by atoms with Crippen molar-refractivity contribution < 1.29 is 39.9 Å². The zero-order valence-electron chi connectivity index (χ0n) is 26.8. The van der Waals surface area contributed by atoms with Gasteiger partial charge in [-0.25, -0.2) is 46.9 Å². The molecule has 0 bridgehead atoms. The number of pyridine rings is 1. The molecule has 4 aromatic rings. The number of hydrogen-bond donors (Lipinski definition) is 2. The van der Waals surface area contributed by atoms with E-state index in [4.69, 9.17) is 4.74 Å². The summed E-state index contributed by atoms with van der Waals surface area (Å²) >= 11 is 0. The number of hydrogen-bond acceptors (Lipinski definition) is 12. The van der Waals surface area contributed by atoms with Crippen molar-refractivity contribution in [1.29, 1.82) is 0 Å². The van der Waals surface area contributed by atoms with Crippen molar-refractivity contribution in [1.82, 2.24) is 40.2 Å². The Kier molecular flexibility index (Phi) is 10.4. The minimum Gasteiger partial charge on any atom is -0.467 e. The fraction of sp³-hybridized carbons (Fsp3) is 0.400. The van der Waals surface area contributed by atoms with E-state index in [9.17, 15) is 35.2 Å². The number of urea groups is 1. The first-order valence-corrected chi connectivity index (χ1v) is 16.9. The molecule has 2 N–H and O–H groups in total. The maximum absolute atomic E-state index is 13.9. The van der Waals surface area contributed by atoms with Crippen LogP contribution in [-0.2, 0) is 16.0 Å². The van der Waals surface area contributed by atoms with Crippen LogP contribution in [0.15, 0.2) is 54.3 Å². The van der Waals surface area contributed by atoms with Crippen LogP contribution in [0.25, 0.3) is 22.5 Å². The molecule has 1 aliphatic rings. The van der Waals surface area contributed by atoms with Gasteiger partial charge >= 0.3 is 18.2 Å². The summed E-state index contributed by atoms with van der Waals surface area (Å²) < 4.78 is 98.0. The maximum Gasteiger partial charge on any atom is 0.419 e. The summed E-state index contributed by atoms with van der Waals surface area (Å²) in [6.45, 7) is -0.238. The van der Waals surface area contributed by atoms with E-state index >= 15 is 0 Å². The summed E-state index contributed by atoms with van der Waals surface area (Å²) in [5.41, 5.74) is -0.989. The molecule has 50 heavy (non-hydrogen) atoms. The summed E-state index contributed by atoms with van der Waals surface area (Å²) in [7, 11) is -2.35. The highest BCUT2D eigenvalue weighted by Gasteiger charge is 2.37. The van der Waals surface area contributed by atoms with Gasteiger partial charge in [-0.2, -0.15) is 13.2 Å². The van der Waals surface area contributed by atoms with Gasteiger partial charge in [-0.1, -0.05) is 0 Å². The lowest BCUT2D eigenvalue weighted by molar-refractivity contribution is -0.137. The Labute approximate surface area is 282 Å². The number of carbonyl (C=O) groups excluding carboxylic acids is 1. The molecule has 0 unspecified atom stereocenters. The van der Waals surface area contributed by atoms with Crippen LogP contribution < -0.4 is 20.3 Å². The van der Waals surface area contributed by atoms with E-state index in [1.165, 1.54) is 36.8 Å². The van der Waals surface area contributed by atoms with Crippen LogP contribution in [0.5, 0.6) is 6.01 Å². The SMILES string of the molecule is COc1ncc(-c2cnc(N(C(=O)NCC(C)(F)F)C3CCC(Nc4ncc(C(F)(F)F)c(-c5cncc(S(C)(=O)=O)c5)n4)CC3)cn2)cn1. The molecule has 1 saturated carbocycles. The summed E-state index contributed by atoms with van der Waals surface area (Å²) in [6.07, 6.45) is 5.92. The van der Waals surface area contributed by atoms with Gasteiger partial charge in [-0.05, 0) is 31.7 Å². The molecule has 0 spiro atoms. The second-order valence-electron chi connectivity index (χ2n) is 11.6. The Balaban J connectivity index is 1.34. The molecule has 1 fully saturated rings. The van der Waals surface area contributed by atoms with Gasteiger partial charge in [0.2, 0.25) is 5.95 Å². The number of aromatic nitrogens is 7. The van der Waals surface area contributed by atoms with Crippen LogP contribution >= 0.6 is 0 Å². The topological polar surface area (TPSA) is 178 Å². The Hall–Kier alpha value is -5.14. The van der Waals surface area contributed by atoms with Gasteiger partial charge < -0.3 is 15.4 Å². The van der Waals surface area contributed by atoms with Crippen molar-refractivity contribution in [3.63, 3.8) is 0 Å². The van der Waals surface area contributed by atoms with Crippen LogP contribution in [0, 0.1) is 0 Å². The number of halogens is 5. The number of nitrogens with zero attached hydrogens (tertiary/aromatic N) is 8. The van der Waals surface area contributed by atoms with Crippen LogP contribution in [0.3, 0.4) is 0 Å². The molecule has 5 rings (SSSR count). The number of methoxy groups -OCH3 is 1. The molecular weight excluding hydrogens is 691 g/mol. The minimum absolute atomic E-state index is 0.108. The second kappa shape index (κ2) is 14.4. The summed E-state index contributed by atoms with van der Waals surface area (Å²) in [6, 6.07) is -0.440. The number of alkyl halides is 5. The minimum atomic E-state index is -4.84. The lowest BCUT2D eigenvalue weighted by atomic mass is 9.90. The van der Waals surface area contributed by atoms with Gasteiger partial charge in [-0.15, -0.1) is 0 Å². The number of amides is 2. The standard InChI is InChI=1S/C30H31F5N10O4S/c1-29(31,32)16-42-28(46)45(24-15-37-23(14-38-24)18-10-40-27(49-2)41-11-18)20-6-4-19(5-7-20)43-26-39-13-22(30(33,34)35)25(44-26)17-8-21(12-36-9-17)50(3,47)48/h8-15,19-20H,4-7,16H2,1-3H3,(H,42,46)(H,39,43,44). The Morgan fingerprint density at radius 1 is 0.920 bits per heavy atom. The average molecular weight is 723 g/mol. The van der Waals surface area contributed by atoms with Crippen molar-refractivity contribution in [3.8, 4) is 28.5 Å². The molecule has 4 aromatic heterocycles. The van der Waals surface area contributed by atoms with Crippen LogP contribution in [-0.4, -0.2) is 87.3 Å². The van der Waals surface area contributed by atoms with Crippen molar-refractivity contribution in [3.05, 3.63) is 55.0 Å². The normalized spacial score (nSPS) is 16.8. The predicted molar refractivity (Wildman–Crippen MR) is 169 cm³/mol. The third-order valence-electron chi connectivity index (χ3n) is 7.66. The summed E-state index contributed by atoms with van der Waals surface area (Å²) in [5.74, 6) is -3.20. The molecule has 266 valence electrons. The zero-order valence-corrected chi connectivity index (χ0v) is 27.6. The highest BCUT2D eigenvalue weighted by Crippen LogP contribution is 2.37. The molecule has 14 nitrogen and oxygen atoms in total. The first-order valence-electron chi connectivity index (χ1n) is 15.0. The van der Waals surface area contributed by atoms with Gasteiger partial charge in [-0.3, -0.25) is 14.9 Å². The third-order valence-corrected chi connectivity index (χ3v) is 8.74. The van der Waals surface area contributed by atoms with Crippen molar-refractivity contribution in [2.45, 2.75) is 61.7 Å². The highest BCUT2D eigenvalue weighted by molar-refractivity contribution is 7.90. The Bertz CT molecular complexity index is 1920. The number of ether oxygens (including phenoxy) is 1. The number of carbonyl (C=O) groups is 1. The first kappa shape index (κ1) is 36.1. The van der Waals surface area contributed by atoms with E-state index in [0.29, 0.717) is 50.1 Å². The third kappa shape index (κ3) is 8.90. The molecule has 0 saturated heterocycles. The number of rotatable bonds is 10. The van der Waals surface area contributed by atoms with Crippen molar-refractivity contribution in [2.24, 2.45) is 0 Å². The smallest absolute Gasteiger partial charge is 0.419 e. The second-order valence-corrected chi connectivity index (χ2v) is 13.6. The van der Waals surface area contributed by atoms with E-state index in [0.717, 1.165) is 24.7 Å². The monoisotopic (exact) mass is 722 g/mol. The highest BCUT2D eigenvalue weighted by atomic mass is 32.2. The van der Waals surface area contributed by atoms with Crippen LogP contribution in [0.4, 0.5) is 38.5 Å². The number of nitrogens with one attached hydrogen (secondary N) is 2. The van der Waals surface area contributed by atoms with Gasteiger partial charge in [0.05, 0.1) is 42.3 Å². The van der Waals surface area contributed by atoms with Gasteiger partial charge in [0.1, 0.15) is 5.56 Å². The van der Waals surface area contributed by atoms with Crippen LogP contribution in [0.2, 0.25) is 0 Å². The molecule has 20 heteroatoms. The van der Waals surface area contributed by atoms with Gasteiger partial charge in [0.15, 0.2) is 15.7 Å². The van der Waals surface area contributed by atoms with Crippen LogP contribution in [0.1, 0.15) is 38.2 Å². The summed E-state index contributed by atoms with van der Waals surface area (Å²) in [5, 5.41) is 5.27. The molecule has 0 aromatic carbocycles. The number of sulfone groups is 1. The predicted octanol–water partition coefficient (Wildman–Crippen LogP) is 4.81. The molecule has 1 aliphatic carbocycles. The average Bonchev–Trinajstić information content (AvgIpc) is 3.07. The molecule has 0 aliphatic heterocycles. The molecule has 0 atom stereocenters. The lowest BCUT2D eigenvalue weighted by Gasteiger charge is -2.36. The van der Waals surface area contributed by atoms with E-state index in [1.54, 1.807) is 0 Å². The fourth-order valence-corrected chi connectivity index (χ4v) is 5.81. The Morgan fingerprint density at radius 2 is 1.62 bits per heavy atom. The van der Waals surface area contributed by atoms with Crippen molar-refractivity contribution in [2.75, 3.05) is 30.1 Å². The maximum atomic E-state index is 13.9. The quantitative estimate of drug-likeness (QED) is 0.214. The molecule has 0 radical (unpaired) electrons. The van der Waals surface area contributed by atoms with Gasteiger partial charge in [0, 0.05) is 67.4 Å². The van der Waals surface area contributed by atoms with E-state index in [2.05, 4.69) is 45.5 Å². The van der Waals surface area contributed by atoms with E-state index in [-0.39, 0.29) is 34.3 Å². The van der Waals surface area contributed by atoms with E-state index < -0.39 is 51.8 Å². The zero-order chi connectivity index (χ0) is 36.3. The molecule has 4 heterocycles. The fourth-order valence-electron chi connectivity index (χ4n) is 5.21. The summed E-state index contributed by atoms with van der Waals surface area (Å²) in [4.78, 5) is 42.8. The van der Waals surface area contributed by atoms with Crippen molar-refractivity contribution >= 4 is 27.6 Å². The Morgan fingerprint density at radius 3 is 2.20 bits per heavy atom. The largest absolute Gasteiger partial charge is 0.467 e. The molecule has 2 amide bonds. The van der Waals surface area contributed by atoms with Gasteiger partial charge in [0.25, 0.3) is 5.92 Å².